The smallest absolute Gasteiger partial charge is 0.260 e. The van der Waals surface area contributed by atoms with E-state index in [0.717, 1.165) is 5.75 Å². The van der Waals surface area contributed by atoms with Gasteiger partial charge in [0.15, 0.2) is 5.82 Å². The molecule has 19 heavy (non-hydrogen) atoms. The molecule has 4 nitrogen and oxygen atoms in total. The third kappa shape index (κ3) is 3.47. The van der Waals surface area contributed by atoms with Gasteiger partial charge in [-0.15, -0.1) is 0 Å². The number of hydrogen-bond donors (Lipinski definition) is 1. The van der Waals surface area contributed by atoms with Crippen LogP contribution in [0, 0.1) is 11.7 Å². The Morgan fingerprint density at radius 1 is 1.42 bits per heavy atom. The van der Waals surface area contributed by atoms with Crippen LogP contribution in [-0.2, 0) is 5.75 Å². The molecule has 0 radical (unpaired) electrons. The minimum atomic E-state index is -0.480. The maximum atomic E-state index is 13.3. The molecule has 2 N–H and O–H groups in total. The van der Waals surface area contributed by atoms with Crippen LogP contribution in [0.25, 0.3) is 11.5 Å². The zero-order valence-corrected chi connectivity index (χ0v) is 11.7. The van der Waals surface area contributed by atoms with Crippen molar-refractivity contribution in [2.45, 2.75) is 19.6 Å². The van der Waals surface area contributed by atoms with Crippen molar-refractivity contribution in [1.82, 2.24) is 10.1 Å². The van der Waals surface area contributed by atoms with E-state index in [1.54, 1.807) is 23.9 Å². The number of para-hydroxylation sites is 1. The van der Waals surface area contributed by atoms with Crippen LogP contribution in [0.3, 0.4) is 0 Å². The van der Waals surface area contributed by atoms with Gasteiger partial charge in [-0.25, -0.2) is 4.39 Å². The molecular formula is C13H16FN3OS. The zero-order chi connectivity index (χ0) is 13.8. The normalized spacial score (nSPS) is 11.2. The number of nitrogens with zero attached hydrogens (tertiary/aromatic N) is 2. The number of nitrogens with two attached hydrogens (primary N) is 1. The van der Waals surface area contributed by atoms with Crippen LogP contribution in [-0.4, -0.2) is 15.9 Å². The lowest BCUT2D eigenvalue weighted by Crippen LogP contribution is -1.95. The molecule has 0 unspecified atom stereocenters. The van der Waals surface area contributed by atoms with Crippen LogP contribution >= 0.6 is 11.8 Å². The van der Waals surface area contributed by atoms with Crippen LogP contribution in [0.4, 0.5) is 10.1 Å². The van der Waals surface area contributed by atoms with E-state index in [2.05, 4.69) is 24.0 Å². The Balaban J connectivity index is 2.10. The maximum absolute atomic E-state index is 13.3. The highest BCUT2D eigenvalue weighted by Crippen LogP contribution is 2.26. The van der Waals surface area contributed by atoms with Crippen LogP contribution in [0.15, 0.2) is 22.7 Å². The zero-order valence-electron chi connectivity index (χ0n) is 10.9. The summed E-state index contributed by atoms with van der Waals surface area (Å²) in [7, 11) is 0. The molecule has 1 aromatic heterocycles. The largest absolute Gasteiger partial charge is 0.396 e. The molecule has 2 rings (SSSR count). The second-order valence-electron chi connectivity index (χ2n) is 4.63. The summed E-state index contributed by atoms with van der Waals surface area (Å²) < 4.78 is 18.5. The summed E-state index contributed by atoms with van der Waals surface area (Å²) >= 11 is 1.74. The van der Waals surface area contributed by atoms with E-state index in [9.17, 15) is 4.39 Å². The SMILES string of the molecule is CC(C)CSCc1noc(-c2cccc(F)c2N)n1. The lowest BCUT2D eigenvalue weighted by atomic mass is 10.2. The predicted molar refractivity (Wildman–Crippen MR) is 75.1 cm³/mol. The van der Waals surface area contributed by atoms with Crippen molar-refractivity contribution < 1.29 is 8.91 Å². The highest BCUT2D eigenvalue weighted by Gasteiger charge is 2.14. The van der Waals surface area contributed by atoms with Crippen LogP contribution in [0.2, 0.25) is 0 Å². The van der Waals surface area contributed by atoms with Crippen molar-refractivity contribution >= 4 is 17.4 Å². The van der Waals surface area contributed by atoms with Gasteiger partial charge in [0.2, 0.25) is 0 Å². The Kier molecular flexibility index (Phi) is 4.42. The minimum absolute atomic E-state index is 0.0348. The summed E-state index contributed by atoms with van der Waals surface area (Å²) in [5, 5.41) is 3.88. The van der Waals surface area contributed by atoms with Gasteiger partial charge in [0.25, 0.3) is 5.89 Å². The molecule has 0 atom stereocenters. The van der Waals surface area contributed by atoms with Crippen LogP contribution < -0.4 is 5.73 Å². The Hall–Kier alpha value is -1.56. The summed E-state index contributed by atoms with van der Waals surface area (Å²) in [6.45, 7) is 4.31. The Bertz CT molecular complexity index is 557. The number of nitrogen functional groups attached to an aromatic ring is 1. The first-order valence-corrected chi connectivity index (χ1v) is 7.18. The topological polar surface area (TPSA) is 64.9 Å². The molecular weight excluding hydrogens is 265 g/mol. The number of hydrogen-bond acceptors (Lipinski definition) is 5. The average molecular weight is 281 g/mol. The first-order valence-electron chi connectivity index (χ1n) is 6.02. The third-order valence-electron chi connectivity index (χ3n) is 2.43. The molecule has 0 fully saturated rings. The van der Waals surface area contributed by atoms with E-state index >= 15 is 0 Å². The van der Waals surface area contributed by atoms with Gasteiger partial charge in [0, 0.05) is 0 Å². The number of anilines is 1. The van der Waals surface area contributed by atoms with E-state index in [1.807, 2.05) is 0 Å². The van der Waals surface area contributed by atoms with Crippen molar-refractivity contribution in [1.29, 1.82) is 0 Å². The lowest BCUT2D eigenvalue weighted by molar-refractivity contribution is 0.425. The van der Waals surface area contributed by atoms with Crippen molar-refractivity contribution in [3.8, 4) is 11.5 Å². The molecule has 0 aliphatic rings. The van der Waals surface area contributed by atoms with Crippen LogP contribution in [0.5, 0.6) is 0 Å². The molecule has 6 heteroatoms. The van der Waals surface area contributed by atoms with Gasteiger partial charge in [-0.1, -0.05) is 25.1 Å². The number of benzene rings is 1. The summed E-state index contributed by atoms with van der Waals surface area (Å²) in [6.07, 6.45) is 0. The maximum Gasteiger partial charge on any atom is 0.260 e. The fraction of sp³-hybridized carbons (Fsp3) is 0.385. The average Bonchev–Trinajstić information content (AvgIpc) is 2.81. The molecule has 0 aliphatic heterocycles. The summed E-state index contributed by atoms with van der Waals surface area (Å²) in [5.41, 5.74) is 6.13. The van der Waals surface area contributed by atoms with Crippen molar-refractivity contribution in [2.24, 2.45) is 5.92 Å². The molecule has 0 aliphatic carbocycles. The highest BCUT2D eigenvalue weighted by molar-refractivity contribution is 7.98. The van der Waals surface area contributed by atoms with Crippen molar-refractivity contribution in [2.75, 3.05) is 11.5 Å². The molecule has 0 amide bonds. The fourth-order valence-electron chi connectivity index (χ4n) is 1.53. The van der Waals surface area contributed by atoms with E-state index in [-0.39, 0.29) is 11.6 Å². The molecule has 0 saturated heterocycles. The van der Waals surface area contributed by atoms with E-state index in [0.29, 0.717) is 23.1 Å². The Morgan fingerprint density at radius 3 is 2.95 bits per heavy atom. The van der Waals surface area contributed by atoms with Gasteiger partial charge >= 0.3 is 0 Å². The molecule has 1 heterocycles. The Labute approximate surface area is 115 Å². The molecule has 0 bridgehead atoms. The van der Waals surface area contributed by atoms with E-state index < -0.39 is 5.82 Å². The van der Waals surface area contributed by atoms with Crippen molar-refractivity contribution in [3.05, 3.63) is 29.8 Å². The standard InChI is InChI=1S/C13H16FN3OS/c1-8(2)6-19-7-11-16-13(18-17-11)9-4-3-5-10(14)12(9)15/h3-5,8H,6-7,15H2,1-2H3. The third-order valence-corrected chi connectivity index (χ3v) is 3.80. The van der Waals surface area contributed by atoms with Gasteiger partial charge in [-0.2, -0.15) is 16.7 Å². The summed E-state index contributed by atoms with van der Waals surface area (Å²) in [4.78, 5) is 4.23. The number of thioether (sulfide) groups is 1. The molecule has 0 spiro atoms. The second kappa shape index (κ2) is 6.06. The number of aromatic nitrogens is 2. The van der Waals surface area contributed by atoms with Crippen molar-refractivity contribution in [3.63, 3.8) is 0 Å². The number of halogens is 1. The van der Waals surface area contributed by atoms with Crippen LogP contribution in [0.1, 0.15) is 19.7 Å². The Morgan fingerprint density at radius 2 is 2.21 bits per heavy atom. The minimum Gasteiger partial charge on any atom is -0.396 e. The highest BCUT2D eigenvalue weighted by atomic mass is 32.2. The first kappa shape index (κ1) is 13.9. The van der Waals surface area contributed by atoms with E-state index in [1.165, 1.54) is 6.07 Å². The lowest BCUT2D eigenvalue weighted by Gasteiger charge is -2.01. The van der Waals surface area contributed by atoms with Gasteiger partial charge in [0.1, 0.15) is 5.82 Å². The summed E-state index contributed by atoms with van der Waals surface area (Å²) in [5.74, 6) is 2.71. The van der Waals surface area contributed by atoms with Gasteiger partial charge in [-0.3, -0.25) is 0 Å². The first-order chi connectivity index (χ1) is 9.08. The summed E-state index contributed by atoms with van der Waals surface area (Å²) in [6, 6.07) is 4.53. The number of rotatable bonds is 5. The molecule has 102 valence electrons. The van der Waals surface area contributed by atoms with Gasteiger partial charge in [-0.05, 0) is 23.8 Å². The van der Waals surface area contributed by atoms with Gasteiger partial charge in [0.05, 0.1) is 17.0 Å². The molecule has 1 aromatic carbocycles. The molecule has 0 saturated carbocycles. The second-order valence-corrected chi connectivity index (χ2v) is 5.66. The monoisotopic (exact) mass is 281 g/mol. The quantitative estimate of drug-likeness (QED) is 0.851. The fourth-order valence-corrected chi connectivity index (χ4v) is 2.42. The predicted octanol–water partition coefficient (Wildman–Crippen LogP) is 3.35. The van der Waals surface area contributed by atoms with E-state index in [4.69, 9.17) is 10.3 Å². The molecule has 2 aromatic rings. The van der Waals surface area contributed by atoms with Gasteiger partial charge < -0.3 is 10.3 Å².